The Labute approximate surface area is 156 Å². The Kier molecular flexibility index (Phi) is 4.27. The first kappa shape index (κ1) is 16.5. The molecule has 0 aliphatic rings. The van der Waals surface area contributed by atoms with Crippen LogP contribution in [0.3, 0.4) is 0 Å². The van der Waals surface area contributed by atoms with Crippen LogP contribution in [0.25, 0.3) is 22.3 Å². The lowest BCUT2D eigenvalue weighted by atomic mass is 10.1. The number of fused-ring (bicyclic) bond motifs is 1. The Bertz CT molecular complexity index is 1090. The van der Waals surface area contributed by atoms with Gasteiger partial charge in [0.25, 0.3) is 0 Å². The lowest BCUT2D eigenvalue weighted by Crippen LogP contribution is -2.01. The van der Waals surface area contributed by atoms with Crippen LogP contribution in [-0.4, -0.2) is 15.0 Å². The Balaban J connectivity index is 1.89. The van der Waals surface area contributed by atoms with E-state index in [-0.39, 0.29) is 0 Å². The number of anilines is 2. The van der Waals surface area contributed by atoms with Crippen molar-refractivity contribution in [2.75, 3.05) is 5.32 Å². The fourth-order valence-electron chi connectivity index (χ4n) is 2.90. The summed E-state index contributed by atoms with van der Waals surface area (Å²) in [4.78, 5) is 13.6. The Morgan fingerprint density at radius 1 is 0.962 bits per heavy atom. The smallest absolute Gasteiger partial charge is 0.163 e. The molecule has 2 aromatic carbocycles. The van der Waals surface area contributed by atoms with Crippen molar-refractivity contribution in [3.8, 4) is 11.4 Å². The fourth-order valence-corrected chi connectivity index (χ4v) is 3.07. The maximum Gasteiger partial charge on any atom is 0.163 e. The predicted molar refractivity (Wildman–Crippen MR) is 107 cm³/mol. The van der Waals surface area contributed by atoms with Crippen LogP contribution < -0.4 is 5.32 Å². The number of aryl methyl sites for hydroxylation is 2. The summed E-state index contributed by atoms with van der Waals surface area (Å²) in [5.41, 5.74) is 5.08. The second-order valence-corrected chi connectivity index (χ2v) is 6.68. The highest BCUT2D eigenvalue weighted by Gasteiger charge is 2.11. The zero-order valence-corrected chi connectivity index (χ0v) is 15.2. The van der Waals surface area contributed by atoms with Crippen molar-refractivity contribution in [1.82, 2.24) is 15.0 Å². The van der Waals surface area contributed by atoms with Gasteiger partial charge in [0.15, 0.2) is 5.82 Å². The van der Waals surface area contributed by atoms with E-state index < -0.39 is 0 Å². The van der Waals surface area contributed by atoms with Gasteiger partial charge >= 0.3 is 0 Å². The molecular weight excluding hydrogens is 344 g/mol. The van der Waals surface area contributed by atoms with E-state index >= 15 is 0 Å². The molecule has 0 amide bonds. The van der Waals surface area contributed by atoms with Crippen molar-refractivity contribution in [3.05, 3.63) is 77.1 Å². The standard InChI is InChI=1S/C21H17ClN4/c1-13-5-7-18(14(2)10-13)24-21-17-11-16(22)6-8-19(17)25-20(26-21)15-4-3-9-23-12-15/h3-12H,1-2H3,(H,24,25,26). The number of hydrogen-bond acceptors (Lipinski definition) is 4. The molecule has 1 N–H and O–H groups in total. The average Bonchev–Trinajstić information content (AvgIpc) is 2.65. The highest BCUT2D eigenvalue weighted by molar-refractivity contribution is 6.31. The van der Waals surface area contributed by atoms with Gasteiger partial charge in [0.1, 0.15) is 5.82 Å². The van der Waals surface area contributed by atoms with Gasteiger partial charge in [-0.3, -0.25) is 4.98 Å². The van der Waals surface area contributed by atoms with Crippen molar-refractivity contribution in [2.45, 2.75) is 13.8 Å². The average molecular weight is 361 g/mol. The van der Waals surface area contributed by atoms with E-state index in [2.05, 4.69) is 47.3 Å². The van der Waals surface area contributed by atoms with Crippen molar-refractivity contribution in [2.24, 2.45) is 0 Å². The molecule has 0 radical (unpaired) electrons. The molecule has 4 rings (SSSR count). The molecule has 0 saturated carbocycles. The summed E-state index contributed by atoms with van der Waals surface area (Å²) in [5, 5.41) is 4.98. The van der Waals surface area contributed by atoms with Crippen molar-refractivity contribution in [1.29, 1.82) is 0 Å². The van der Waals surface area contributed by atoms with Gasteiger partial charge in [0, 0.05) is 34.1 Å². The molecule has 0 fully saturated rings. The first-order chi connectivity index (χ1) is 12.6. The van der Waals surface area contributed by atoms with Crippen LogP contribution in [0.2, 0.25) is 5.02 Å². The Morgan fingerprint density at radius 3 is 2.62 bits per heavy atom. The molecule has 26 heavy (non-hydrogen) atoms. The molecule has 0 saturated heterocycles. The fraction of sp³-hybridized carbons (Fsp3) is 0.0952. The van der Waals surface area contributed by atoms with Crippen molar-refractivity contribution >= 4 is 34.0 Å². The number of pyridine rings is 1. The lowest BCUT2D eigenvalue weighted by Gasteiger charge is -2.13. The first-order valence-electron chi connectivity index (χ1n) is 8.32. The number of aromatic nitrogens is 3. The summed E-state index contributed by atoms with van der Waals surface area (Å²) >= 11 is 6.21. The molecule has 4 nitrogen and oxygen atoms in total. The maximum atomic E-state index is 6.21. The molecule has 2 heterocycles. The monoisotopic (exact) mass is 360 g/mol. The van der Waals surface area contributed by atoms with Crippen LogP contribution in [0.4, 0.5) is 11.5 Å². The lowest BCUT2D eigenvalue weighted by molar-refractivity contribution is 1.20. The van der Waals surface area contributed by atoms with Crippen LogP contribution in [0.15, 0.2) is 60.9 Å². The van der Waals surface area contributed by atoms with E-state index in [0.29, 0.717) is 10.8 Å². The quantitative estimate of drug-likeness (QED) is 0.508. The molecule has 0 spiro atoms. The summed E-state index contributed by atoms with van der Waals surface area (Å²) in [6, 6.07) is 15.7. The van der Waals surface area contributed by atoms with Gasteiger partial charge in [-0.15, -0.1) is 0 Å². The molecule has 2 aromatic heterocycles. The number of rotatable bonds is 3. The van der Waals surface area contributed by atoms with Gasteiger partial charge < -0.3 is 5.32 Å². The molecule has 5 heteroatoms. The second-order valence-electron chi connectivity index (χ2n) is 6.24. The zero-order chi connectivity index (χ0) is 18.1. The van der Waals surface area contributed by atoms with Gasteiger partial charge in [0.05, 0.1) is 5.52 Å². The Morgan fingerprint density at radius 2 is 1.85 bits per heavy atom. The van der Waals surface area contributed by atoms with Gasteiger partial charge in [-0.25, -0.2) is 9.97 Å². The molecule has 0 bridgehead atoms. The summed E-state index contributed by atoms with van der Waals surface area (Å²) in [7, 11) is 0. The minimum atomic E-state index is 0.625. The van der Waals surface area contributed by atoms with Gasteiger partial charge in [-0.2, -0.15) is 0 Å². The van der Waals surface area contributed by atoms with Gasteiger partial charge in [-0.1, -0.05) is 29.3 Å². The van der Waals surface area contributed by atoms with E-state index in [9.17, 15) is 0 Å². The molecule has 0 aliphatic carbocycles. The van der Waals surface area contributed by atoms with Crippen LogP contribution in [0, 0.1) is 13.8 Å². The van der Waals surface area contributed by atoms with E-state index in [1.807, 2.05) is 30.3 Å². The maximum absolute atomic E-state index is 6.21. The second kappa shape index (κ2) is 6.73. The van der Waals surface area contributed by atoms with E-state index in [1.54, 1.807) is 12.4 Å². The SMILES string of the molecule is Cc1ccc(Nc2nc(-c3cccnc3)nc3ccc(Cl)cc23)c(C)c1. The third-order valence-corrected chi connectivity index (χ3v) is 4.45. The van der Waals surface area contributed by atoms with E-state index in [0.717, 1.165) is 33.5 Å². The van der Waals surface area contributed by atoms with Crippen LogP contribution >= 0.6 is 11.6 Å². The van der Waals surface area contributed by atoms with Gasteiger partial charge in [0.2, 0.25) is 0 Å². The van der Waals surface area contributed by atoms with Crippen molar-refractivity contribution in [3.63, 3.8) is 0 Å². The third kappa shape index (κ3) is 3.24. The summed E-state index contributed by atoms with van der Waals surface area (Å²) in [6.07, 6.45) is 3.50. The number of hydrogen-bond donors (Lipinski definition) is 1. The minimum Gasteiger partial charge on any atom is -0.339 e. The predicted octanol–water partition coefficient (Wildman–Crippen LogP) is 5.71. The zero-order valence-electron chi connectivity index (χ0n) is 14.5. The largest absolute Gasteiger partial charge is 0.339 e. The van der Waals surface area contributed by atoms with E-state index in [4.69, 9.17) is 16.6 Å². The summed E-state index contributed by atoms with van der Waals surface area (Å²) < 4.78 is 0. The molecular formula is C21H17ClN4. The molecule has 4 aromatic rings. The van der Waals surface area contributed by atoms with Crippen molar-refractivity contribution < 1.29 is 0 Å². The number of nitrogens with one attached hydrogen (secondary N) is 1. The summed E-state index contributed by atoms with van der Waals surface area (Å²) in [5.74, 6) is 1.35. The molecule has 0 aliphatic heterocycles. The molecule has 0 atom stereocenters. The normalized spacial score (nSPS) is 10.9. The van der Waals surface area contributed by atoms with Gasteiger partial charge in [-0.05, 0) is 55.8 Å². The highest BCUT2D eigenvalue weighted by atomic mass is 35.5. The molecule has 128 valence electrons. The first-order valence-corrected chi connectivity index (χ1v) is 8.70. The van der Waals surface area contributed by atoms with Crippen LogP contribution in [-0.2, 0) is 0 Å². The van der Waals surface area contributed by atoms with E-state index in [1.165, 1.54) is 5.56 Å². The number of halogens is 1. The minimum absolute atomic E-state index is 0.625. The topological polar surface area (TPSA) is 50.7 Å². The summed E-state index contributed by atoms with van der Waals surface area (Å²) in [6.45, 7) is 4.16. The van der Waals surface area contributed by atoms with Crippen LogP contribution in [0.5, 0.6) is 0 Å². The number of nitrogens with zero attached hydrogens (tertiary/aromatic N) is 3. The highest BCUT2D eigenvalue weighted by Crippen LogP contribution is 2.30. The molecule has 0 unspecified atom stereocenters. The number of benzene rings is 2. The third-order valence-electron chi connectivity index (χ3n) is 4.21. The Hall–Kier alpha value is -2.98. The van der Waals surface area contributed by atoms with Crippen LogP contribution in [0.1, 0.15) is 11.1 Å².